The van der Waals surface area contributed by atoms with E-state index in [4.69, 9.17) is 0 Å². The van der Waals surface area contributed by atoms with Crippen molar-refractivity contribution in [2.24, 2.45) is 0 Å². The van der Waals surface area contributed by atoms with Crippen LogP contribution in [0, 0.1) is 10.1 Å². The molecule has 2 aromatic rings. The highest BCUT2D eigenvalue weighted by atomic mass is 16.6. The van der Waals surface area contributed by atoms with Crippen molar-refractivity contribution in [2.45, 2.75) is 38.1 Å². The number of carbonyl (C=O) groups is 1. The van der Waals surface area contributed by atoms with Gasteiger partial charge < -0.3 is 10.2 Å². The monoisotopic (exact) mass is 345 g/mol. The molecule has 132 valence electrons. The molecule has 8 heteroatoms. The van der Waals surface area contributed by atoms with Gasteiger partial charge in [-0.15, -0.1) is 0 Å². The van der Waals surface area contributed by atoms with Crippen LogP contribution in [0.5, 0.6) is 0 Å². The fraction of sp³-hybridized carbons (Fsp3) is 0.412. The van der Waals surface area contributed by atoms with Crippen LogP contribution in [0.4, 0.5) is 5.69 Å². The third kappa shape index (κ3) is 3.25. The van der Waals surface area contributed by atoms with Crippen LogP contribution >= 0.6 is 0 Å². The van der Waals surface area contributed by atoms with Gasteiger partial charge in [-0.3, -0.25) is 19.6 Å². The zero-order valence-corrected chi connectivity index (χ0v) is 13.6. The molecule has 1 heterocycles. The number of hydrogen-bond acceptors (Lipinski definition) is 5. The third-order valence-electron chi connectivity index (χ3n) is 4.56. The number of nitrogens with zero attached hydrogens (tertiary/aromatic N) is 3. The van der Waals surface area contributed by atoms with Crippen LogP contribution in [0.3, 0.4) is 0 Å². The molecule has 8 nitrogen and oxygen atoms in total. The molecule has 1 atom stereocenters. The highest BCUT2D eigenvalue weighted by Crippen LogP contribution is 2.42. The molecule has 0 bridgehead atoms. The van der Waals surface area contributed by atoms with Crippen molar-refractivity contribution in [2.75, 3.05) is 6.61 Å². The van der Waals surface area contributed by atoms with E-state index in [-0.39, 0.29) is 31.2 Å². The Morgan fingerprint density at radius 2 is 2.16 bits per heavy atom. The van der Waals surface area contributed by atoms with E-state index in [0.717, 1.165) is 24.1 Å². The molecule has 0 spiro atoms. The van der Waals surface area contributed by atoms with Gasteiger partial charge in [0.05, 0.1) is 30.1 Å². The molecular weight excluding hydrogens is 326 g/mol. The quantitative estimate of drug-likeness (QED) is 0.613. The number of hydrogen-bond donors (Lipinski definition) is 2. The van der Waals surface area contributed by atoms with E-state index in [1.54, 1.807) is 22.9 Å². The summed E-state index contributed by atoms with van der Waals surface area (Å²) < 4.78 is 1.66. The Labute approximate surface area is 143 Å². The van der Waals surface area contributed by atoms with Crippen molar-refractivity contribution in [3.63, 3.8) is 0 Å². The van der Waals surface area contributed by atoms with Crippen LogP contribution in [-0.4, -0.2) is 37.5 Å². The lowest BCUT2D eigenvalue weighted by Crippen LogP contribution is -2.16. The van der Waals surface area contributed by atoms with Crippen molar-refractivity contribution in [3.8, 4) is 11.3 Å². The molecule has 0 aliphatic heterocycles. The Morgan fingerprint density at radius 1 is 1.40 bits per heavy atom. The lowest BCUT2D eigenvalue weighted by molar-refractivity contribution is -0.384. The van der Waals surface area contributed by atoms with Crippen molar-refractivity contribution in [1.82, 2.24) is 9.78 Å². The second kappa shape index (κ2) is 7.02. The second-order valence-electron chi connectivity index (χ2n) is 6.12. The molecule has 1 unspecified atom stereocenters. The van der Waals surface area contributed by atoms with Crippen LogP contribution in [-0.2, 0) is 17.8 Å². The standard InChI is InChI=1S/C17H19N3O5/c21-9-8-19-14-7-3-4-11(10-15(22)23)16(14)17(18-19)12-5-1-2-6-13(12)20(24)25/h1-2,5-6,11,21H,3-4,7-10H2,(H,22,23). The number of nitro benzene ring substituents is 1. The van der Waals surface area contributed by atoms with Gasteiger partial charge in [0.2, 0.25) is 0 Å². The van der Waals surface area contributed by atoms with Crippen LogP contribution < -0.4 is 0 Å². The van der Waals surface area contributed by atoms with Crippen molar-refractivity contribution >= 4 is 11.7 Å². The maximum atomic E-state index is 11.4. The highest BCUT2D eigenvalue weighted by molar-refractivity contribution is 5.76. The molecule has 0 saturated carbocycles. The number of aliphatic hydroxyl groups is 1. The Morgan fingerprint density at radius 3 is 2.84 bits per heavy atom. The van der Waals surface area contributed by atoms with Gasteiger partial charge in [-0.2, -0.15) is 5.10 Å². The molecule has 0 fully saturated rings. The minimum atomic E-state index is -0.902. The summed E-state index contributed by atoms with van der Waals surface area (Å²) in [5, 5.41) is 34.4. The Balaban J connectivity index is 2.20. The topological polar surface area (TPSA) is 118 Å². The maximum Gasteiger partial charge on any atom is 0.303 e. The predicted octanol–water partition coefficient (Wildman–Crippen LogP) is 2.35. The lowest BCUT2D eigenvalue weighted by atomic mass is 9.82. The molecule has 0 saturated heterocycles. The number of aliphatic carboxylic acids is 1. The smallest absolute Gasteiger partial charge is 0.303 e. The first kappa shape index (κ1) is 17.1. The normalized spacial score (nSPS) is 16.4. The van der Waals surface area contributed by atoms with E-state index < -0.39 is 10.9 Å². The summed E-state index contributed by atoms with van der Waals surface area (Å²) >= 11 is 0. The SMILES string of the molecule is O=C(O)CC1CCCc2c1c(-c1ccccc1[N+](=O)[O-])nn2CCO. The minimum Gasteiger partial charge on any atom is -0.481 e. The van der Waals surface area contributed by atoms with Gasteiger partial charge in [-0.1, -0.05) is 12.1 Å². The fourth-order valence-electron chi connectivity index (χ4n) is 3.59. The van der Waals surface area contributed by atoms with Gasteiger partial charge >= 0.3 is 5.97 Å². The molecule has 0 amide bonds. The molecule has 3 rings (SSSR count). The molecule has 1 aliphatic rings. The molecule has 2 N–H and O–H groups in total. The van der Waals surface area contributed by atoms with Gasteiger partial charge in [0, 0.05) is 17.3 Å². The van der Waals surface area contributed by atoms with Crippen LogP contribution in [0.1, 0.15) is 36.4 Å². The summed E-state index contributed by atoms with van der Waals surface area (Å²) in [6.45, 7) is 0.177. The molecule has 0 radical (unpaired) electrons. The van der Waals surface area contributed by atoms with Gasteiger partial charge in [0.1, 0.15) is 5.69 Å². The first-order valence-corrected chi connectivity index (χ1v) is 8.19. The summed E-state index contributed by atoms with van der Waals surface area (Å²) in [5.41, 5.74) is 2.44. The van der Waals surface area contributed by atoms with E-state index >= 15 is 0 Å². The zero-order chi connectivity index (χ0) is 18.0. The summed E-state index contributed by atoms with van der Waals surface area (Å²) in [6.07, 6.45) is 2.22. The van der Waals surface area contributed by atoms with Crippen molar-refractivity contribution in [3.05, 3.63) is 45.6 Å². The third-order valence-corrected chi connectivity index (χ3v) is 4.56. The number of aliphatic hydroxyl groups excluding tert-OH is 1. The van der Waals surface area contributed by atoms with E-state index in [1.807, 2.05) is 0 Å². The molecule has 1 aromatic heterocycles. The Hall–Kier alpha value is -2.74. The van der Waals surface area contributed by atoms with Gasteiger partial charge in [0.15, 0.2) is 0 Å². The minimum absolute atomic E-state index is 0.0363. The highest BCUT2D eigenvalue weighted by Gasteiger charge is 2.32. The van der Waals surface area contributed by atoms with E-state index in [2.05, 4.69) is 5.10 Å². The lowest BCUT2D eigenvalue weighted by Gasteiger charge is -2.22. The fourth-order valence-corrected chi connectivity index (χ4v) is 3.59. The van der Waals surface area contributed by atoms with Gasteiger partial charge in [-0.25, -0.2) is 0 Å². The average Bonchev–Trinajstić information content (AvgIpc) is 2.94. The number of nitro groups is 1. The van der Waals surface area contributed by atoms with E-state index in [0.29, 0.717) is 17.7 Å². The number of fused-ring (bicyclic) bond motifs is 1. The maximum absolute atomic E-state index is 11.4. The van der Waals surface area contributed by atoms with E-state index in [1.165, 1.54) is 6.07 Å². The first-order chi connectivity index (χ1) is 12.0. The number of para-hydroxylation sites is 1. The van der Waals surface area contributed by atoms with Gasteiger partial charge in [0.25, 0.3) is 5.69 Å². The summed E-state index contributed by atoms with van der Waals surface area (Å²) in [4.78, 5) is 22.2. The largest absolute Gasteiger partial charge is 0.481 e. The predicted molar refractivity (Wildman–Crippen MR) is 89.3 cm³/mol. The second-order valence-corrected chi connectivity index (χ2v) is 6.12. The summed E-state index contributed by atoms with van der Waals surface area (Å²) in [7, 11) is 0. The zero-order valence-electron chi connectivity index (χ0n) is 13.6. The van der Waals surface area contributed by atoms with Gasteiger partial charge in [-0.05, 0) is 31.2 Å². The van der Waals surface area contributed by atoms with E-state index in [9.17, 15) is 25.1 Å². The number of benzene rings is 1. The average molecular weight is 345 g/mol. The molecule has 25 heavy (non-hydrogen) atoms. The Kier molecular flexibility index (Phi) is 4.80. The molecular formula is C17H19N3O5. The number of carboxylic acids is 1. The summed E-state index contributed by atoms with van der Waals surface area (Å²) in [6, 6.07) is 6.35. The molecule has 1 aromatic carbocycles. The van der Waals surface area contributed by atoms with Crippen molar-refractivity contribution < 1.29 is 19.9 Å². The van der Waals surface area contributed by atoms with Crippen molar-refractivity contribution in [1.29, 1.82) is 0 Å². The van der Waals surface area contributed by atoms with Crippen LogP contribution in [0.15, 0.2) is 24.3 Å². The van der Waals surface area contributed by atoms with Crippen LogP contribution in [0.2, 0.25) is 0 Å². The van der Waals surface area contributed by atoms with Crippen LogP contribution in [0.25, 0.3) is 11.3 Å². The number of carboxylic acid groups (broad SMARTS) is 1. The molecule has 1 aliphatic carbocycles. The Bertz CT molecular complexity index is 815. The first-order valence-electron chi connectivity index (χ1n) is 8.19. The number of aromatic nitrogens is 2. The summed E-state index contributed by atoms with van der Waals surface area (Å²) in [5.74, 6) is -1.13. The number of rotatable bonds is 6.